The fourth-order valence-corrected chi connectivity index (χ4v) is 3.21. The van der Waals surface area contributed by atoms with E-state index in [4.69, 9.17) is 11.6 Å². The van der Waals surface area contributed by atoms with Crippen molar-refractivity contribution in [2.75, 3.05) is 16.1 Å². The van der Waals surface area contributed by atoms with Crippen LogP contribution in [0.4, 0.5) is 29.2 Å². The Morgan fingerprint density at radius 1 is 0.781 bits per heavy atom. The molecule has 32 heavy (non-hydrogen) atoms. The highest BCUT2D eigenvalue weighted by Crippen LogP contribution is 2.22. The lowest BCUT2D eigenvalue weighted by Crippen LogP contribution is -2.07. The monoisotopic (exact) mass is 443 g/mol. The predicted octanol–water partition coefficient (Wildman–Crippen LogP) is 6.08. The van der Waals surface area contributed by atoms with Crippen molar-refractivity contribution < 1.29 is 0 Å². The summed E-state index contributed by atoms with van der Waals surface area (Å²) in [6.07, 6.45) is 1.65. The minimum Gasteiger partial charge on any atom is -0.324 e. The first-order chi connectivity index (χ1) is 15.5. The molecule has 1 heterocycles. The summed E-state index contributed by atoms with van der Waals surface area (Å²) < 4.78 is 0. The van der Waals surface area contributed by atoms with Gasteiger partial charge in [-0.15, -0.1) is 0 Å². The number of rotatable bonds is 7. The van der Waals surface area contributed by atoms with Gasteiger partial charge in [0, 0.05) is 16.4 Å². The molecule has 0 aliphatic rings. The third-order valence-corrected chi connectivity index (χ3v) is 4.76. The summed E-state index contributed by atoms with van der Waals surface area (Å²) in [6.45, 7) is 4.09. The molecule has 4 rings (SSSR count). The highest BCUT2D eigenvalue weighted by atomic mass is 35.5. The molecule has 0 unspecified atom stereocenters. The molecule has 3 aromatic carbocycles. The Morgan fingerprint density at radius 2 is 1.53 bits per heavy atom. The average molecular weight is 444 g/mol. The van der Waals surface area contributed by atoms with Gasteiger partial charge in [0.05, 0.1) is 6.21 Å². The number of hydrazone groups is 1. The maximum absolute atomic E-state index is 6.03. The van der Waals surface area contributed by atoms with Gasteiger partial charge in [0.1, 0.15) is 0 Å². The molecule has 1 aromatic heterocycles. The van der Waals surface area contributed by atoms with E-state index in [-0.39, 0.29) is 0 Å². The van der Waals surface area contributed by atoms with Crippen LogP contribution in [0.25, 0.3) is 0 Å². The summed E-state index contributed by atoms with van der Waals surface area (Å²) in [5.74, 6) is 1.08. The van der Waals surface area contributed by atoms with Crippen LogP contribution in [0.2, 0.25) is 5.02 Å². The highest BCUT2D eigenvalue weighted by Gasteiger charge is 2.09. The first kappa shape index (κ1) is 21.3. The molecule has 0 aliphatic heterocycles. The zero-order valence-electron chi connectivity index (χ0n) is 17.7. The smallest absolute Gasteiger partial charge is 0.250 e. The van der Waals surface area contributed by atoms with Crippen LogP contribution in [-0.4, -0.2) is 21.2 Å². The SMILES string of the molecule is Cc1ccc(Nc2nc(NN=Cc3cccc(Cl)c3)nc(Nc3ccccc3)n2)c(C)c1. The highest BCUT2D eigenvalue weighted by molar-refractivity contribution is 6.30. The van der Waals surface area contributed by atoms with Crippen molar-refractivity contribution >= 4 is 47.0 Å². The zero-order chi connectivity index (χ0) is 22.3. The van der Waals surface area contributed by atoms with Crippen LogP contribution in [0.5, 0.6) is 0 Å². The molecule has 160 valence electrons. The zero-order valence-corrected chi connectivity index (χ0v) is 18.4. The molecule has 8 heteroatoms. The Morgan fingerprint density at radius 3 is 2.28 bits per heavy atom. The van der Waals surface area contributed by atoms with Crippen LogP contribution >= 0.6 is 11.6 Å². The number of hydrogen-bond acceptors (Lipinski definition) is 7. The van der Waals surface area contributed by atoms with E-state index in [0.717, 1.165) is 22.5 Å². The van der Waals surface area contributed by atoms with Crippen LogP contribution in [0.3, 0.4) is 0 Å². The molecule has 0 saturated heterocycles. The summed E-state index contributed by atoms with van der Waals surface area (Å²) in [5.41, 5.74) is 7.79. The third kappa shape index (κ3) is 5.80. The maximum atomic E-state index is 6.03. The van der Waals surface area contributed by atoms with E-state index in [9.17, 15) is 0 Å². The lowest BCUT2D eigenvalue weighted by molar-refractivity contribution is 1.04. The fourth-order valence-electron chi connectivity index (χ4n) is 3.01. The number of nitrogens with zero attached hydrogens (tertiary/aromatic N) is 4. The van der Waals surface area contributed by atoms with Crippen molar-refractivity contribution in [3.05, 3.63) is 94.5 Å². The molecular weight excluding hydrogens is 422 g/mol. The lowest BCUT2D eigenvalue weighted by atomic mass is 10.1. The van der Waals surface area contributed by atoms with E-state index >= 15 is 0 Å². The van der Waals surface area contributed by atoms with Crippen molar-refractivity contribution in [2.24, 2.45) is 5.10 Å². The van der Waals surface area contributed by atoms with Crippen LogP contribution < -0.4 is 16.1 Å². The van der Waals surface area contributed by atoms with Crippen molar-refractivity contribution in [2.45, 2.75) is 13.8 Å². The van der Waals surface area contributed by atoms with Gasteiger partial charge in [0.2, 0.25) is 17.8 Å². The molecule has 0 bridgehead atoms. The largest absolute Gasteiger partial charge is 0.324 e. The Labute approximate surface area is 191 Å². The van der Waals surface area contributed by atoms with E-state index in [1.54, 1.807) is 6.21 Å². The predicted molar refractivity (Wildman–Crippen MR) is 131 cm³/mol. The van der Waals surface area contributed by atoms with Gasteiger partial charge in [-0.2, -0.15) is 20.1 Å². The number of halogens is 1. The third-order valence-electron chi connectivity index (χ3n) is 4.52. The number of aromatic nitrogens is 3. The number of anilines is 5. The number of hydrogen-bond donors (Lipinski definition) is 3. The molecule has 4 aromatic rings. The number of nitrogens with one attached hydrogen (secondary N) is 3. The van der Waals surface area contributed by atoms with Crippen LogP contribution in [0.1, 0.15) is 16.7 Å². The van der Waals surface area contributed by atoms with E-state index in [0.29, 0.717) is 22.9 Å². The van der Waals surface area contributed by atoms with Gasteiger partial charge in [0.15, 0.2) is 0 Å². The second-order valence-corrected chi connectivity index (χ2v) is 7.60. The van der Waals surface area contributed by atoms with Crippen molar-refractivity contribution in [1.82, 2.24) is 15.0 Å². The van der Waals surface area contributed by atoms with Gasteiger partial charge >= 0.3 is 0 Å². The second-order valence-electron chi connectivity index (χ2n) is 7.17. The minimum absolute atomic E-state index is 0.295. The summed E-state index contributed by atoms with van der Waals surface area (Å²) >= 11 is 6.03. The average Bonchev–Trinajstić information content (AvgIpc) is 2.76. The van der Waals surface area contributed by atoms with E-state index in [1.807, 2.05) is 73.7 Å². The summed E-state index contributed by atoms with van der Waals surface area (Å²) in [5, 5.41) is 11.3. The van der Waals surface area contributed by atoms with Gasteiger partial charge in [-0.1, -0.05) is 59.6 Å². The summed E-state index contributed by atoms with van der Waals surface area (Å²) in [6, 6.07) is 23.2. The van der Waals surface area contributed by atoms with Gasteiger partial charge in [0.25, 0.3) is 0 Å². The molecule has 0 amide bonds. The Bertz CT molecular complexity index is 1240. The summed E-state index contributed by atoms with van der Waals surface area (Å²) in [4.78, 5) is 13.4. The van der Waals surface area contributed by atoms with Crippen LogP contribution in [0, 0.1) is 13.8 Å². The van der Waals surface area contributed by atoms with Gasteiger partial charge in [-0.3, -0.25) is 0 Å². The number of benzene rings is 3. The molecule has 0 aliphatic carbocycles. The van der Waals surface area contributed by atoms with E-state index < -0.39 is 0 Å². The Kier molecular flexibility index (Phi) is 6.57. The minimum atomic E-state index is 0.295. The fraction of sp³-hybridized carbons (Fsp3) is 0.0833. The molecule has 0 spiro atoms. The molecular formula is C24H22ClN7. The molecule has 0 fully saturated rings. The topological polar surface area (TPSA) is 87.1 Å². The number of para-hydroxylation sites is 1. The second kappa shape index (κ2) is 9.89. The Hall–Kier alpha value is -3.97. The number of aryl methyl sites for hydroxylation is 2. The van der Waals surface area contributed by atoms with Crippen molar-refractivity contribution in [3.63, 3.8) is 0 Å². The van der Waals surface area contributed by atoms with Gasteiger partial charge in [-0.05, 0) is 55.3 Å². The van der Waals surface area contributed by atoms with E-state index in [1.165, 1.54) is 5.56 Å². The summed E-state index contributed by atoms with van der Waals surface area (Å²) in [7, 11) is 0. The lowest BCUT2D eigenvalue weighted by Gasteiger charge is -2.12. The molecule has 0 radical (unpaired) electrons. The van der Waals surface area contributed by atoms with Crippen LogP contribution in [0.15, 0.2) is 77.9 Å². The van der Waals surface area contributed by atoms with Crippen molar-refractivity contribution in [3.8, 4) is 0 Å². The molecule has 0 atom stereocenters. The molecule has 7 nitrogen and oxygen atoms in total. The van der Waals surface area contributed by atoms with Crippen molar-refractivity contribution in [1.29, 1.82) is 0 Å². The van der Waals surface area contributed by atoms with E-state index in [2.05, 4.69) is 49.1 Å². The standard InChI is InChI=1S/C24H22ClN7/c1-16-11-12-21(17(2)13-16)28-23-29-22(27-20-9-4-3-5-10-20)30-24(31-23)32-26-15-18-7-6-8-19(25)14-18/h3-15H,1-2H3,(H3,27,28,29,30,31,32). The normalized spacial score (nSPS) is 10.8. The first-order valence-electron chi connectivity index (χ1n) is 10.0. The quantitative estimate of drug-likeness (QED) is 0.237. The maximum Gasteiger partial charge on any atom is 0.250 e. The molecule has 3 N–H and O–H groups in total. The van der Waals surface area contributed by atoms with Gasteiger partial charge < -0.3 is 10.6 Å². The van der Waals surface area contributed by atoms with Crippen LogP contribution in [-0.2, 0) is 0 Å². The van der Waals surface area contributed by atoms with Gasteiger partial charge in [-0.25, -0.2) is 5.43 Å². The first-order valence-corrected chi connectivity index (χ1v) is 10.4. The molecule has 0 saturated carbocycles. The Balaban J connectivity index is 1.60.